The molecule has 0 aromatic heterocycles. The molecule has 30 heavy (non-hydrogen) atoms. The first-order valence-corrected chi connectivity index (χ1v) is 10.8. The number of aliphatic imine (C=N–C) groups is 2. The maximum Gasteiger partial charge on any atom is 0.0903 e. The molecule has 0 aromatic rings. The van der Waals surface area contributed by atoms with E-state index in [1.54, 1.807) is 0 Å². The summed E-state index contributed by atoms with van der Waals surface area (Å²) in [6, 6.07) is 0. The van der Waals surface area contributed by atoms with Crippen LogP contribution in [0.1, 0.15) is 69.2 Å². The molecule has 0 bridgehead atoms. The minimum atomic E-state index is 0.170. The topological polar surface area (TPSA) is 24.7 Å². The standard InChI is InChI=1S/C28H42N2/c1-19(13-15-21(3)27(5,6)7)23-17-18-24(26(30-12)25(23)29-11)20(2)14-16-22(4)28(8,9)10/h13-18H,1-12H3/b19-13+,20-14+,21-15+,22-16+,29-25-,30-26-. The molecule has 0 saturated carbocycles. The summed E-state index contributed by atoms with van der Waals surface area (Å²) in [5.74, 6) is 0. The van der Waals surface area contributed by atoms with Crippen molar-refractivity contribution in [3.63, 3.8) is 0 Å². The molecule has 0 atom stereocenters. The molecule has 1 aliphatic rings. The molecule has 0 aliphatic heterocycles. The van der Waals surface area contributed by atoms with Crippen LogP contribution in [0.15, 0.2) is 79.9 Å². The second kappa shape index (κ2) is 10.2. The van der Waals surface area contributed by atoms with Crippen LogP contribution >= 0.6 is 0 Å². The van der Waals surface area contributed by atoms with Crippen molar-refractivity contribution in [3.8, 4) is 0 Å². The molecule has 2 heteroatoms. The van der Waals surface area contributed by atoms with E-state index in [1.807, 2.05) is 14.1 Å². The number of allylic oxidation sites excluding steroid dienone is 12. The minimum Gasteiger partial charge on any atom is -0.286 e. The smallest absolute Gasteiger partial charge is 0.0903 e. The average molecular weight is 407 g/mol. The van der Waals surface area contributed by atoms with Gasteiger partial charge in [0.05, 0.1) is 11.4 Å². The van der Waals surface area contributed by atoms with Crippen LogP contribution in [0.2, 0.25) is 0 Å². The van der Waals surface area contributed by atoms with Gasteiger partial charge >= 0.3 is 0 Å². The van der Waals surface area contributed by atoms with Gasteiger partial charge in [-0.1, -0.05) is 89.1 Å². The normalized spacial score (nSPS) is 20.7. The zero-order valence-corrected chi connectivity index (χ0v) is 21.4. The van der Waals surface area contributed by atoms with E-state index in [0.717, 1.165) is 22.6 Å². The maximum atomic E-state index is 4.62. The Morgan fingerprint density at radius 2 is 0.900 bits per heavy atom. The molecule has 1 aliphatic carbocycles. The SMILES string of the molecule is C/N=C1/C(/C(C)=C/C=C(\C)C(C)(C)C)=CC=C(/C(C)=C/C=C(\C)C(C)(C)C)/C1=N/C. The van der Waals surface area contributed by atoms with Crippen LogP contribution in [-0.2, 0) is 0 Å². The maximum absolute atomic E-state index is 4.62. The van der Waals surface area contributed by atoms with Gasteiger partial charge in [-0.3, -0.25) is 9.98 Å². The second-order valence-electron chi connectivity index (χ2n) is 10.2. The summed E-state index contributed by atoms with van der Waals surface area (Å²) in [5.41, 5.74) is 9.61. The van der Waals surface area contributed by atoms with Gasteiger partial charge in [0.15, 0.2) is 0 Å². The highest BCUT2D eigenvalue weighted by molar-refractivity contribution is 6.56. The first kappa shape index (κ1) is 25.8. The molecule has 2 nitrogen and oxygen atoms in total. The van der Waals surface area contributed by atoms with E-state index in [0.29, 0.717) is 0 Å². The first-order chi connectivity index (χ1) is 13.7. The van der Waals surface area contributed by atoms with E-state index < -0.39 is 0 Å². The predicted octanol–water partition coefficient (Wildman–Crippen LogP) is 7.87. The molecule has 0 heterocycles. The van der Waals surface area contributed by atoms with Gasteiger partial charge in [-0.05, 0) is 49.7 Å². The summed E-state index contributed by atoms with van der Waals surface area (Å²) in [6.07, 6.45) is 13.2. The fourth-order valence-corrected chi connectivity index (χ4v) is 2.85. The van der Waals surface area contributed by atoms with Gasteiger partial charge in [-0.25, -0.2) is 0 Å². The highest BCUT2D eigenvalue weighted by Gasteiger charge is 2.22. The van der Waals surface area contributed by atoms with Gasteiger partial charge in [-0.2, -0.15) is 0 Å². The Bertz CT molecular complexity index is 817. The highest BCUT2D eigenvalue weighted by atomic mass is 14.8. The van der Waals surface area contributed by atoms with Crippen molar-refractivity contribution in [1.29, 1.82) is 0 Å². The number of hydrogen-bond donors (Lipinski definition) is 0. The van der Waals surface area contributed by atoms with Crippen molar-refractivity contribution in [2.24, 2.45) is 20.8 Å². The van der Waals surface area contributed by atoms with Gasteiger partial charge in [-0.15, -0.1) is 0 Å². The van der Waals surface area contributed by atoms with Crippen LogP contribution in [0, 0.1) is 10.8 Å². The quantitative estimate of drug-likeness (QED) is 0.335. The molecule has 1 rings (SSSR count). The van der Waals surface area contributed by atoms with Crippen LogP contribution in [0.4, 0.5) is 0 Å². The van der Waals surface area contributed by atoms with Crippen LogP contribution in [-0.4, -0.2) is 25.5 Å². The Morgan fingerprint density at radius 3 is 1.13 bits per heavy atom. The zero-order valence-electron chi connectivity index (χ0n) is 21.4. The van der Waals surface area contributed by atoms with Crippen LogP contribution < -0.4 is 0 Å². The molecule has 0 spiro atoms. The van der Waals surface area contributed by atoms with Gasteiger partial charge in [0.2, 0.25) is 0 Å². The Kier molecular flexibility index (Phi) is 8.77. The molecular formula is C28H42N2. The third-order valence-electron chi connectivity index (χ3n) is 5.98. The number of hydrogen-bond acceptors (Lipinski definition) is 2. The van der Waals surface area contributed by atoms with Crippen molar-refractivity contribution in [2.75, 3.05) is 14.1 Å². The Labute approximate surface area is 185 Å². The summed E-state index contributed by atoms with van der Waals surface area (Å²) >= 11 is 0. The summed E-state index contributed by atoms with van der Waals surface area (Å²) in [4.78, 5) is 9.24. The molecule has 0 saturated heterocycles. The van der Waals surface area contributed by atoms with Gasteiger partial charge < -0.3 is 0 Å². The van der Waals surface area contributed by atoms with E-state index >= 15 is 0 Å². The lowest BCUT2D eigenvalue weighted by atomic mass is 9.84. The third kappa shape index (κ3) is 6.65. The molecule has 0 aromatic carbocycles. The summed E-state index contributed by atoms with van der Waals surface area (Å²) < 4.78 is 0. The average Bonchev–Trinajstić information content (AvgIpc) is 2.66. The second-order valence-corrected chi connectivity index (χ2v) is 10.2. The van der Waals surface area contributed by atoms with E-state index in [4.69, 9.17) is 0 Å². The predicted molar refractivity (Wildman–Crippen MR) is 137 cm³/mol. The molecule has 0 fully saturated rings. The largest absolute Gasteiger partial charge is 0.286 e. The third-order valence-corrected chi connectivity index (χ3v) is 5.98. The molecule has 0 unspecified atom stereocenters. The van der Waals surface area contributed by atoms with Crippen molar-refractivity contribution in [3.05, 3.63) is 69.9 Å². The Morgan fingerprint density at radius 1 is 0.600 bits per heavy atom. The van der Waals surface area contributed by atoms with Crippen LogP contribution in [0.3, 0.4) is 0 Å². The van der Waals surface area contributed by atoms with E-state index in [-0.39, 0.29) is 10.8 Å². The van der Waals surface area contributed by atoms with E-state index in [9.17, 15) is 0 Å². The number of rotatable bonds is 4. The molecule has 0 N–H and O–H groups in total. The summed E-state index contributed by atoms with van der Waals surface area (Å²) in [7, 11) is 3.70. The van der Waals surface area contributed by atoms with Crippen LogP contribution in [0.25, 0.3) is 0 Å². The minimum absolute atomic E-state index is 0.170. The molecular weight excluding hydrogens is 364 g/mol. The van der Waals surface area contributed by atoms with E-state index in [2.05, 4.69) is 116 Å². The van der Waals surface area contributed by atoms with Crippen molar-refractivity contribution < 1.29 is 0 Å². The Hall–Kier alpha value is -2.22. The molecule has 164 valence electrons. The lowest BCUT2D eigenvalue weighted by Crippen LogP contribution is -2.23. The van der Waals surface area contributed by atoms with E-state index in [1.165, 1.54) is 22.3 Å². The zero-order chi connectivity index (χ0) is 23.3. The van der Waals surface area contributed by atoms with Crippen molar-refractivity contribution in [2.45, 2.75) is 69.2 Å². The fraction of sp³-hybridized carbons (Fsp3) is 0.500. The molecule has 0 radical (unpaired) electrons. The monoisotopic (exact) mass is 406 g/mol. The highest BCUT2D eigenvalue weighted by Crippen LogP contribution is 2.28. The van der Waals surface area contributed by atoms with Crippen molar-refractivity contribution >= 4 is 11.4 Å². The lowest BCUT2D eigenvalue weighted by Gasteiger charge is -2.22. The van der Waals surface area contributed by atoms with Crippen LogP contribution in [0.5, 0.6) is 0 Å². The summed E-state index contributed by atoms with van der Waals surface area (Å²) in [6.45, 7) is 22.1. The lowest BCUT2D eigenvalue weighted by molar-refractivity contribution is 0.504. The van der Waals surface area contributed by atoms with Gasteiger partial charge in [0, 0.05) is 25.2 Å². The fourth-order valence-electron chi connectivity index (χ4n) is 2.85. The summed E-state index contributed by atoms with van der Waals surface area (Å²) in [5, 5.41) is 0. The van der Waals surface area contributed by atoms with Crippen molar-refractivity contribution in [1.82, 2.24) is 0 Å². The van der Waals surface area contributed by atoms with Gasteiger partial charge in [0.1, 0.15) is 0 Å². The number of nitrogens with zero attached hydrogens (tertiary/aromatic N) is 2. The Balaban J connectivity index is 3.43. The molecule has 0 amide bonds. The first-order valence-electron chi connectivity index (χ1n) is 10.8. The van der Waals surface area contributed by atoms with Gasteiger partial charge in [0.25, 0.3) is 0 Å².